The van der Waals surface area contributed by atoms with E-state index >= 15 is 0 Å². The first-order chi connectivity index (χ1) is 11.5. The minimum Gasteiger partial charge on any atom is -0.508 e. The molecular formula is C17H14N5O2+. The number of carbonyl (C=O) groups is 1. The molecule has 5 rings (SSSR count). The Hall–Kier alpha value is -3.48. The van der Waals surface area contributed by atoms with Crippen LogP contribution in [0.3, 0.4) is 0 Å². The number of amides is 1. The lowest BCUT2D eigenvalue weighted by Crippen LogP contribution is -2.19. The van der Waals surface area contributed by atoms with Crippen molar-refractivity contribution in [2.75, 3.05) is 5.73 Å². The minimum absolute atomic E-state index is 0.172. The Balaban J connectivity index is 2.28. The molecular weight excluding hydrogens is 306 g/mol. The second kappa shape index (κ2) is 3.88. The molecule has 0 aliphatic rings. The lowest BCUT2D eigenvalue weighted by atomic mass is 10.1. The van der Waals surface area contributed by atoms with Gasteiger partial charge in [-0.25, -0.2) is 4.40 Å². The Labute approximate surface area is 135 Å². The average Bonchev–Trinajstić information content (AvgIpc) is 3.09. The van der Waals surface area contributed by atoms with Gasteiger partial charge in [-0.1, -0.05) is 0 Å². The normalized spacial score (nSPS) is 12.2. The first kappa shape index (κ1) is 13.0. The number of imidazole rings is 1. The third-order valence-electron chi connectivity index (χ3n) is 4.82. The molecule has 0 bridgehead atoms. The molecule has 0 spiro atoms. The van der Waals surface area contributed by atoms with Gasteiger partial charge in [0.2, 0.25) is 0 Å². The second-order valence-electron chi connectivity index (χ2n) is 6.01. The van der Waals surface area contributed by atoms with E-state index in [-0.39, 0.29) is 11.6 Å². The molecule has 0 aliphatic carbocycles. The largest absolute Gasteiger partial charge is 0.508 e. The Morgan fingerprint density at radius 1 is 1.21 bits per heavy atom. The Kier molecular flexibility index (Phi) is 2.10. The van der Waals surface area contributed by atoms with Crippen molar-refractivity contribution in [3.63, 3.8) is 0 Å². The first-order valence-electron chi connectivity index (χ1n) is 7.49. The predicted molar refractivity (Wildman–Crippen MR) is 89.5 cm³/mol. The molecule has 0 unspecified atom stereocenters. The maximum atomic E-state index is 12.0. The number of anilines is 1. The number of rotatable bonds is 1. The molecule has 1 aromatic carbocycles. The minimum atomic E-state index is -0.569. The van der Waals surface area contributed by atoms with Crippen molar-refractivity contribution in [1.82, 2.24) is 8.80 Å². The third kappa shape index (κ3) is 1.25. The lowest BCUT2D eigenvalue weighted by Gasteiger charge is -2.09. The highest BCUT2D eigenvalue weighted by Gasteiger charge is 2.28. The molecule has 5 aromatic rings. The van der Waals surface area contributed by atoms with E-state index in [2.05, 4.69) is 0 Å². The smallest absolute Gasteiger partial charge is 0.316 e. The van der Waals surface area contributed by atoms with Crippen LogP contribution in [0.2, 0.25) is 0 Å². The average molecular weight is 320 g/mol. The lowest BCUT2D eigenvalue weighted by molar-refractivity contribution is -0.509. The molecule has 5 N–H and O–H groups in total. The highest BCUT2D eigenvalue weighted by molar-refractivity contribution is 6.15. The number of nitrogen functional groups attached to an aromatic ring is 1. The molecule has 7 nitrogen and oxygen atoms in total. The van der Waals surface area contributed by atoms with Crippen LogP contribution in [0.25, 0.3) is 27.6 Å². The number of pyridine rings is 1. The summed E-state index contributed by atoms with van der Waals surface area (Å²) in [5, 5.41) is 10.9. The number of hydrogen-bond donors (Lipinski definition) is 3. The van der Waals surface area contributed by atoms with Gasteiger partial charge in [0.15, 0.2) is 5.52 Å². The van der Waals surface area contributed by atoms with E-state index in [1.54, 1.807) is 6.07 Å². The highest BCUT2D eigenvalue weighted by atomic mass is 16.3. The predicted octanol–water partition coefficient (Wildman–Crippen LogP) is 1.22. The van der Waals surface area contributed by atoms with E-state index in [1.807, 2.05) is 50.8 Å². The van der Waals surface area contributed by atoms with Gasteiger partial charge in [0.1, 0.15) is 35.0 Å². The second-order valence-corrected chi connectivity index (χ2v) is 6.01. The Bertz CT molecular complexity index is 1310. The molecule has 0 saturated heterocycles. The molecule has 1 amide bonds. The summed E-state index contributed by atoms with van der Waals surface area (Å²) in [6, 6.07) is 5.33. The van der Waals surface area contributed by atoms with Gasteiger partial charge >= 0.3 is 5.65 Å². The van der Waals surface area contributed by atoms with Crippen LogP contribution in [-0.2, 0) is 0 Å². The highest BCUT2D eigenvalue weighted by Crippen LogP contribution is 2.36. The number of carbonyl (C=O) groups excluding carboxylic acids is 1. The summed E-state index contributed by atoms with van der Waals surface area (Å²) in [5.74, 6) is -0.112. The van der Waals surface area contributed by atoms with E-state index in [4.69, 9.17) is 11.5 Å². The standard InChI is InChI=1S/C17H13N5O2/c1-8-11(23)3-2-10-13(8)22-14-9(12(15(22)18)16(19)24)4-5-20-6-7-21(10)17(14)20/h2-7,18H,1H3,(H3,19,23,24)/p+1. The van der Waals surface area contributed by atoms with Gasteiger partial charge in [0.25, 0.3) is 5.91 Å². The summed E-state index contributed by atoms with van der Waals surface area (Å²) in [5.41, 5.74) is 16.2. The molecule has 4 heterocycles. The number of nitrogens with two attached hydrogens (primary N) is 2. The number of nitrogens with zero attached hydrogens (tertiary/aromatic N) is 3. The van der Waals surface area contributed by atoms with E-state index in [1.165, 1.54) is 0 Å². The molecule has 0 fully saturated rings. The molecule has 0 atom stereocenters. The maximum absolute atomic E-state index is 12.0. The Morgan fingerprint density at radius 3 is 2.75 bits per heavy atom. The van der Waals surface area contributed by atoms with Gasteiger partial charge in [0, 0.05) is 10.9 Å². The first-order valence-corrected chi connectivity index (χ1v) is 7.49. The third-order valence-corrected chi connectivity index (χ3v) is 4.82. The van der Waals surface area contributed by atoms with Crippen molar-refractivity contribution < 1.29 is 14.3 Å². The maximum Gasteiger partial charge on any atom is 0.316 e. The fourth-order valence-corrected chi connectivity index (χ4v) is 3.74. The van der Waals surface area contributed by atoms with Gasteiger partial charge < -0.3 is 16.6 Å². The van der Waals surface area contributed by atoms with Crippen LogP contribution in [0.15, 0.2) is 36.8 Å². The molecule has 0 saturated carbocycles. The van der Waals surface area contributed by atoms with Crippen LogP contribution in [0.1, 0.15) is 15.9 Å². The summed E-state index contributed by atoms with van der Waals surface area (Å²) in [6.07, 6.45) is 5.76. The zero-order valence-corrected chi connectivity index (χ0v) is 12.8. The van der Waals surface area contributed by atoms with Gasteiger partial charge in [0.05, 0.1) is 11.8 Å². The number of aromatic nitrogens is 3. The van der Waals surface area contributed by atoms with Gasteiger partial charge in [-0.3, -0.25) is 9.20 Å². The molecule has 0 aliphatic heterocycles. The van der Waals surface area contributed by atoms with Crippen LogP contribution < -0.4 is 15.9 Å². The number of benzene rings is 1. The number of aromatic hydroxyl groups is 1. The van der Waals surface area contributed by atoms with Crippen LogP contribution >= 0.6 is 0 Å². The van der Waals surface area contributed by atoms with Crippen molar-refractivity contribution >= 4 is 39.3 Å². The topological polar surface area (TPSA) is 102 Å². The number of hydrogen-bond acceptors (Lipinski definition) is 3. The number of phenolic OH excluding ortho intramolecular Hbond substituents is 1. The van der Waals surface area contributed by atoms with Crippen molar-refractivity contribution in [2.24, 2.45) is 5.73 Å². The number of fused-ring (bicyclic) bond motifs is 3. The molecule has 0 radical (unpaired) electrons. The van der Waals surface area contributed by atoms with Gasteiger partial charge in [-0.05, 0) is 25.1 Å². The molecule has 7 heteroatoms. The molecule has 4 aromatic heterocycles. The van der Waals surface area contributed by atoms with Crippen molar-refractivity contribution in [3.8, 4) is 5.75 Å². The monoisotopic (exact) mass is 320 g/mol. The van der Waals surface area contributed by atoms with Crippen LogP contribution in [0, 0.1) is 6.92 Å². The summed E-state index contributed by atoms with van der Waals surface area (Å²) in [6.45, 7) is 1.82. The van der Waals surface area contributed by atoms with Crippen LogP contribution in [-0.4, -0.2) is 19.8 Å². The fourth-order valence-electron chi connectivity index (χ4n) is 3.74. The molecule has 118 valence electrons. The summed E-state index contributed by atoms with van der Waals surface area (Å²) < 4.78 is 5.80. The zero-order valence-electron chi connectivity index (χ0n) is 12.8. The van der Waals surface area contributed by atoms with Gasteiger partial charge in [-0.15, -0.1) is 0 Å². The van der Waals surface area contributed by atoms with Gasteiger partial charge in [-0.2, -0.15) is 4.40 Å². The van der Waals surface area contributed by atoms with Crippen molar-refractivity contribution in [2.45, 2.75) is 6.92 Å². The summed E-state index contributed by atoms with van der Waals surface area (Å²) in [4.78, 5) is 12.0. The van der Waals surface area contributed by atoms with Crippen molar-refractivity contribution in [1.29, 1.82) is 0 Å². The summed E-state index contributed by atoms with van der Waals surface area (Å²) in [7, 11) is 0. The number of primary amides is 1. The van der Waals surface area contributed by atoms with Crippen molar-refractivity contribution in [3.05, 3.63) is 47.9 Å². The molecule has 24 heavy (non-hydrogen) atoms. The zero-order chi connectivity index (χ0) is 16.7. The number of phenols is 1. The fraction of sp³-hybridized carbons (Fsp3) is 0.0588. The van der Waals surface area contributed by atoms with Crippen LogP contribution in [0.4, 0.5) is 5.82 Å². The summed E-state index contributed by atoms with van der Waals surface area (Å²) >= 11 is 0. The quantitative estimate of drug-likeness (QED) is 0.319. The van der Waals surface area contributed by atoms with E-state index in [0.29, 0.717) is 16.5 Å². The SMILES string of the molecule is Cc1c(O)ccc2c1n1c(N)c(C(N)=O)c3cc[n+]4ccn2c4c31. The van der Waals surface area contributed by atoms with Crippen LogP contribution in [0.5, 0.6) is 5.75 Å². The van der Waals surface area contributed by atoms with E-state index in [9.17, 15) is 9.90 Å². The Morgan fingerprint density at radius 2 is 2.00 bits per heavy atom. The number of aryl methyl sites for hydroxylation is 1. The van der Waals surface area contributed by atoms with E-state index < -0.39 is 5.91 Å². The van der Waals surface area contributed by atoms with E-state index in [0.717, 1.165) is 22.2 Å².